The van der Waals surface area contributed by atoms with Crippen LogP contribution in [0, 0.1) is 10.1 Å². The molecule has 82 valence electrons. The third-order valence-electron chi connectivity index (χ3n) is 2.03. The fraction of sp³-hybridized carbons (Fsp3) is 0.100. The van der Waals surface area contributed by atoms with Crippen molar-refractivity contribution in [3.63, 3.8) is 0 Å². The van der Waals surface area contributed by atoms with E-state index in [-0.39, 0.29) is 5.69 Å². The Hall–Kier alpha value is -2.37. The Labute approximate surface area is 90.6 Å². The Bertz CT molecular complexity index is 508. The van der Waals surface area contributed by atoms with Crippen LogP contribution in [0.15, 0.2) is 35.1 Å². The molecule has 0 amide bonds. The Kier molecular flexibility index (Phi) is 2.55. The molecule has 0 unspecified atom stereocenters. The molecule has 0 radical (unpaired) electrons. The summed E-state index contributed by atoms with van der Waals surface area (Å²) in [5.74, 6) is 0.772. The number of furan rings is 1. The number of hydrogen-bond donors (Lipinski definition) is 0. The molecule has 2 heterocycles. The van der Waals surface area contributed by atoms with Crippen LogP contribution in [0.5, 0.6) is 5.88 Å². The largest absolute Gasteiger partial charge is 0.480 e. The van der Waals surface area contributed by atoms with Crippen molar-refractivity contribution >= 4 is 5.69 Å². The average molecular weight is 220 g/mol. The summed E-state index contributed by atoms with van der Waals surface area (Å²) in [7, 11) is 1.45. The molecule has 0 N–H and O–H groups in total. The standard InChI is InChI=1S/C10H8N2O4/c1-15-10-8(9-3-2-4-16-9)5-7(6-11-10)12(13)14/h2-6H,1H3. The quantitative estimate of drug-likeness (QED) is 0.585. The van der Waals surface area contributed by atoms with Crippen LogP contribution in [-0.4, -0.2) is 17.0 Å². The first-order valence-electron chi connectivity index (χ1n) is 4.44. The zero-order chi connectivity index (χ0) is 11.5. The van der Waals surface area contributed by atoms with E-state index in [2.05, 4.69) is 4.98 Å². The first-order valence-corrected chi connectivity index (χ1v) is 4.44. The maximum atomic E-state index is 10.6. The monoisotopic (exact) mass is 220 g/mol. The third-order valence-corrected chi connectivity index (χ3v) is 2.03. The van der Waals surface area contributed by atoms with Crippen molar-refractivity contribution < 1.29 is 14.1 Å². The van der Waals surface area contributed by atoms with E-state index in [1.807, 2.05) is 0 Å². The van der Waals surface area contributed by atoms with Gasteiger partial charge in [0.05, 0.1) is 23.9 Å². The molecule has 2 rings (SSSR count). The van der Waals surface area contributed by atoms with Gasteiger partial charge in [-0.2, -0.15) is 0 Å². The lowest BCUT2D eigenvalue weighted by atomic mass is 10.2. The van der Waals surface area contributed by atoms with E-state index in [4.69, 9.17) is 9.15 Å². The highest BCUT2D eigenvalue weighted by Gasteiger charge is 2.15. The SMILES string of the molecule is COc1ncc([N+](=O)[O-])cc1-c1ccco1. The zero-order valence-electron chi connectivity index (χ0n) is 8.41. The van der Waals surface area contributed by atoms with Crippen LogP contribution < -0.4 is 4.74 Å². The molecule has 2 aromatic heterocycles. The Morgan fingerprint density at radius 2 is 2.38 bits per heavy atom. The van der Waals surface area contributed by atoms with E-state index >= 15 is 0 Å². The number of nitro groups is 1. The summed E-state index contributed by atoms with van der Waals surface area (Å²) in [4.78, 5) is 14.0. The molecule has 0 aromatic carbocycles. The summed E-state index contributed by atoms with van der Waals surface area (Å²) in [6.07, 6.45) is 2.62. The second kappa shape index (κ2) is 4.01. The molecule has 2 aromatic rings. The van der Waals surface area contributed by atoms with Gasteiger partial charge >= 0.3 is 0 Å². The van der Waals surface area contributed by atoms with Gasteiger partial charge in [0.1, 0.15) is 12.0 Å². The number of methoxy groups -OCH3 is 1. The summed E-state index contributed by atoms with van der Waals surface area (Å²) < 4.78 is 10.2. The molecular weight excluding hydrogens is 212 g/mol. The minimum atomic E-state index is -0.515. The number of rotatable bonds is 3. The number of ether oxygens (including phenoxy) is 1. The lowest BCUT2D eigenvalue weighted by Crippen LogP contribution is -1.94. The van der Waals surface area contributed by atoms with Gasteiger partial charge in [-0.1, -0.05) is 0 Å². The summed E-state index contributed by atoms with van der Waals surface area (Å²) >= 11 is 0. The highest BCUT2D eigenvalue weighted by atomic mass is 16.6. The third kappa shape index (κ3) is 1.72. The topological polar surface area (TPSA) is 78.4 Å². The van der Waals surface area contributed by atoms with Crippen molar-refractivity contribution in [3.8, 4) is 17.2 Å². The van der Waals surface area contributed by atoms with Gasteiger partial charge in [-0.05, 0) is 12.1 Å². The van der Waals surface area contributed by atoms with Crippen molar-refractivity contribution in [2.45, 2.75) is 0 Å². The molecule has 0 spiro atoms. The van der Waals surface area contributed by atoms with Gasteiger partial charge in [0.25, 0.3) is 5.69 Å². The van der Waals surface area contributed by atoms with Crippen molar-refractivity contribution in [1.29, 1.82) is 0 Å². The second-order valence-electron chi connectivity index (χ2n) is 2.98. The zero-order valence-corrected chi connectivity index (χ0v) is 8.41. The average Bonchev–Trinajstić information content (AvgIpc) is 2.81. The number of pyridine rings is 1. The predicted molar refractivity (Wildman–Crippen MR) is 55.1 cm³/mol. The van der Waals surface area contributed by atoms with Gasteiger partial charge in [0.15, 0.2) is 0 Å². The normalized spacial score (nSPS) is 10.1. The van der Waals surface area contributed by atoms with Crippen LogP contribution in [0.2, 0.25) is 0 Å². The van der Waals surface area contributed by atoms with Crippen molar-refractivity contribution in [2.24, 2.45) is 0 Å². The van der Waals surface area contributed by atoms with Crippen LogP contribution in [0.1, 0.15) is 0 Å². The molecule has 6 heteroatoms. The Morgan fingerprint density at radius 3 is 2.94 bits per heavy atom. The molecule has 16 heavy (non-hydrogen) atoms. The van der Waals surface area contributed by atoms with Gasteiger partial charge in [0, 0.05) is 6.07 Å². The minimum absolute atomic E-state index is 0.104. The van der Waals surface area contributed by atoms with Crippen LogP contribution in [-0.2, 0) is 0 Å². The van der Waals surface area contributed by atoms with Gasteiger partial charge in [-0.15, -0.1) is 0 Å². The van der Waals surface area contributed by atoms with E-state index in [0.717, 1.165) is 6.20 Å². The van der Waals surface area contributed by atoms with E-state index < -0.39 is 4.92 Å². The van der Waals surface area contributed by atoms with Crippen molar-refractivity contribution in [2.75, 3.05) is 7.11 Å². The first kappa shape index (κ1) is 10.2. The molecule has 0 aliphatic rings. The summed E-state index contributed by atoms with van der Waals surface area (Å²) in [5.41, 5.74) is 0.355. The van der Waals surface area contributed by atoms with E-state index in [1.165, 1.54) is 19.4 Å². The van der Waals surface area contributed by atoms with Crippen molar-refractivity contribution in [3.05, 3.63) is 40.8 Å². The fourth-order valence-electron chi connectivity index (χ4n) is 1.31. The molecule has 0 atom stereocenters. The molecule has 0 aliphatic carbocycles. The van der Waals surface area contributed by atoms with Crippen molar-refractivity contribution in [1.82, 2.24) is 4.98 Å². The Balaban J connectivity index is 2.56. The number of nitrogens with zero attached hydrogens (tertiary/aromatic N) is 2. The van der Waals surface area contributed by atoms with Gasteiger partial charge < -0.3 is 9.15 Å². The van der Waals surface area contributed by atoms with Crippen LogP contribution in [0.25, 0.3) is 11.3 Å². The van der Waals surface area contributed by atoms with Crippen LogP contribution >= 0.6 is 0 Å². The molecule has 0 aliphatic heterocycles. The van der Waals surface area contributed by atoms with E-state index in [1.54, 1.807) is 12.1 Å². The number of hydrogen-bond acceptors (Lipinski definition) is 5. The first-order chi connectivity index (χ1) is 7.72. The Morgan fingerprint density at radius 1 is 1.56 bits per heavy atom. The van der Waals surface area contributed by atoms with Crippen LogP contribution in [0.4, 0.5) is 5.69 Å². The fourth-order valence-corrected chi connectivity index (χ4v) is 1.31. The lowest BCUT2D eigenvalue weighted by Gasteiger charge is -2.03. The highest BCUT2D eigenvalue weighted by molar-refractivity contribution is 5.66. The number of aromatic nitrogens is 1. The summed E-state index contributed by atoms with van der Waals surface area (Å²) in [6.45, 7) is 0. The highest BCUT2D eigenvalue weighted by Crippen LogP contribution is 2.31. The van der Waals surface area contributed by atoms with Gasteiger partial charge in [-0.25, -0.2) is 4.98 Å². The molecule has 0 saturated heterocycles. The molecule has 0 bridgehead atoms. The second-order valence-corrected chi connectivity index (χ2v) is 2.98. The smallest absolute Gasteiger partial charge is 0.288 e. The molecule has 6 nitrogen and oxygen atoms in total. The van der Waals surface area contributed by atoms with Crippen LogP contribution in [0.3, 0.4) is 0 Å². The van der Waals surface area contributed by atoms with Gasteiger partial charge in [-0.3, -0.25) is 10.1 Å². The summed E-state index contributed by atoms with van der Waals surface area (Å²) in [6, 6.07) is 4.74. The molecule has 0 saturated carbocycles. The maximum absolute atomic E-state index is 10.6. The minimum Gasteiger partial charge on any atom is -0.480 e. The lowest BCUT2D eigenvalue weighted by molar-refractivity contribution is -0.385. The molecular formula is C10H8N2O4. The maximum Gasteiger partial charge on any atom is 0.288 e. The van der Waals surface area contributed by atoms with E-state index in [0.29, 0.717) is 17.2 Å². The predicted octanol–water partition coefficient (Wildman–Crippen LogP) is 2.26. The summed E-state index contributed by atoms with van der Waals surface area (Å²) in [5, 5.41) is 10.6. The van der Waals surface area contributed by atoms with E-state index in [9.17, 15) is 10.1 Å². The van der Waals surface area contributed by atoms with Gasteiger partial charge in [0.2, 0.25) is 5.88 Å². The molecule has 0 fully saturated rings.